The highest BCUT2D eigenvalue weighted by Crippen LogP contribution is 2.43. The highest BCUT2D eigenvalue weighted by atomic mass is 35.5. The molecule has 7 heteroatoms. The molecular formula is C25H31ClN4OS. The SMILES string of the molecule is Cl.NC(=O)c1ccc2c(c1)C1=C(CN2)CSCC1CCN1CCN(c2ccccc2)CC1. The third-order valence-corrected chi connectivity index (χ3v) is 7.95. The van der Waals surface area contributed by atoms with Gasteiger partial charge in [0.05, 0.1) is 0 Å². The quantitative estimate of drug-likeness (QED) is 0.692. The topological polar surface area (TPSA) is 61.6 Å². The smallest absolute Gasteiger partial charge is 0.248 e. The molecule has 0 aromatic heterocycles. The summed E-state index contributed by atoms with van der Waals surface area (Å²) in [6, 6.07) is 16.6. The Morgan fingerprint density at radius 3 is 2.62 bits per heavy atom. The van der Waals surface area contributed by atoms with Crippen LogP contribution in [0.5, 0.6) is 0 Å². The van der Waals surface area contributed by atoms with Crippen molar-refractivity contribution in [3.05, 3.63) is 65.2 Å². The lowest BCUT2D eigenvalue weighted by Crippen LogP contribution is -2.47. The molecule has 0 radical (unpaired) electrons. The molecule has 3 aliphatic rings. The van der Waals surface area contributed by atoms with Gasteiger partial charge in [0.15, 0.2) is 0 Å². The van der Waals surface area contributed by atoms with Crippen molar-refractivity contribution in [2.75, 3.05) is 61.0 Å². The number of nitrogens with one attached hydrogen (secondary N) is 1. The van der Waals surface area contributed by atoms with Gasteiger partial charge in [0.2, 0.25) is 5.91 Å². The molecule has 5 nitrogen and oxygen atoms in total. The second-order valence-electron chi connectivity index (χ2n) is 8.66. The number of thioether (sulfide) groups is 1. The highest BCUT2D eigenvalue weighted by Gasteiger charge is 2.30. The van der Waals surface area contributed by atoms with Crippen LogP contribution >= 0.6 is 24.2 Å². The fourth-order valence-electron chi connectivity index (χ4n) is 5.04. The lowest BCUT2D eigenvalue weighted by molar-refractivity contribution is 0.100. The second-order valence-corrected chi connectivity index (χ2v) is 9.69. The molecule has 2 aromatic rings. The minimum atomic E-state index is -0.353. The molecule has 1 unspecified atom stereocenters. The predicted molar refractivity (Wildman–Crippen MR) is 138 cm³/mol. The molecule has 0 spiro atoms. The van der Waals surface area contributed by atoms with Crippen molar-refractivity contribution in [2.24, 2.45) is 11.7 Å². The summed E-state index contributed by atoms with van der Waals surface area (Å²) < 4.78 is 0. The van der Waals surface area contributed by atoms with Crippen LogP contribution in [0.4, 0.5) is 11.4 Å². The summed E-state index contributed by atoms with van der Waals surface area (Å²) in [7, 11) is 0. The van der Waals surface area contributed by atoms with Crippen LogP contribution < -0.4 is 16.0 Å². The number of para-hydroxylation sites is 1. The van der Waals surface area contributed by atoms with Crippen LogP contribution in [0.25, 0.3) is 5.57 Å². The van der Waals surface area contributed by atoms with Crippen LogP contribution in [-0.2, 0) is 0 Å². The van der Waals surface area contributed by atoms with Gasteiger partial charge in [-0.05, 0) is 60.4 Å². The summed E-state index contributed by atoms with van der Waals surface area (Å²) in [5, 5.41) is 3.54. The fraction of sp³-hybridized carbons (Fsp3) is 0.400. The van der Waals surface area contributed by atoms with Crippen LogP contribution in [-0.4, -0.2) is 61.6 Å². The molecule has 170 valence electrons. The van der Waals surface area contributed by atoms with Gasteiger partial charge in [0, 0.05) is 66.7 Å². The Hall–Kier alpha value is -2.15. The van der Waals surface area contributed by atoms with E-state index in [2.05, 4.69) is 45.4 Å². The number of carbonyl (C=O) groups excluding carboxylic acids is 1. The van der Waals surface area contributed by atoms with Gasteiger partial charge < -0.3 is 16.0 Å². The van der Waals surface area contributed by atoms with Gasteiger partial charge in [0.1, 0.15) is 0 Å². The Kier molecular flexibility index (Phi) is 7.33. The number of fused-ring (bicyclic) bond motifs is 2. The van der Waals surface area contributed by atoms with Crippen molar-refractivity contribution in [3.8, 4) is 0 Å². The Labute approximate surface area is 200 Å². The van der Waals surface area contributed by atoms with Crippen molar-refractivity contribution in [2.45, 2.75) is 6.42 Å². The van der Waals surface area contributed by atoms with E-state index in [-0.39, 0.29) is 18.3 Å². The third-order valence-electron chi connectivity index (χ3n) is 6.76. The molecule has 3 heterocycles. The van der Waals surface area contributed by atoms with Gasteiger partial charge in [-0.15, -0.1) is 12.4 Å². The summed E-state index contributed by atoms with van der Waals surface area (Å²) >= 11 is 2.04. The van der Waals surface area contributed by atoms with E-state index in [1.165, 1.54) is 22.4 Å². The minimum absolute atomic E-state index is 0. The first kappa shape index (κ1) is 23.0. The van der Waals surface area contributed by atoms with E-state index in [4.69, 9.17) is 5.73 Å². The van der Waals surface area contributed by atoms with Crippen LogP contribution in [0.15, 0.2) is 54.1 Å². The lowest BCUT2D eigenvalue weighted by atomic mass is 9.83. The van der Waals surface area contributed by atoms with Crippen LogP contribution in [0.2, 0.25) is 0 Å². The van der Waals surface area contributed by atoms with Crippen LogP contribution in [0.3, 0.4) is 0 Å². The number of halogens is 1. The van der Waals surface area contributed by atoms with Crippen molar-refractivity contribution in [1.29, 1.82) is 0 Å². The zero-order chi connectivity index (χ0) is 21.2. The summed E-state index contributed by atoms with van der Waals surface area (Å²) in [5.74, 6) is 2.41. The maximum absolute atomic E-state index is 11.8. The Morgan fingerprint density at radius 1 is 1.09 bits per heavy atom. The summed E-state index contributed by atoms with van der Waals surface area (Å²) in [6.07, 6.45) is 1.16. The summed E-state index contributed by atoms with van der Waals surface area (Å²) in [5.41, 5.74) is 12.8. The van der Waals surface area contributed by atoms with Gasteiger partial charge in [-0.1, -0.05) is 18.2 Å². The monoisotopic (exact) mass is 470 g/mol. The molecule has 2 aromatic carbocycles. The number of allylic oxidation sites excluding steroid dienone is 1. The van der Waals surface area contributed by atoms with Gasteiger partial charge >= 0.3 is 0 Å². The molecular weight excluding hydrogens is 440 g/mol. The number of primary amides is 1. The van der Waals surface area contributed by atoms with E-state index < -0.39 is 0 Å². The molecule has 1 saturated heterocycles. The van der Waals surface area contributed by atoms with Gasteiger partial charge in [-0.3, -0.25) is 9.69 Å². The average molecular weight is 471 g/mol. The second kappa shape index (κ2) is 10.2. The zero-order valence-corrected chi connectivity index (χ0v) is 19.9. The normalized spacial score (nSPS) is 20.6. The predicted octanol–water partition coefficient (Wildman–Crippen LogP) is 3.96. The highest BCUT2D eigenvalue weighted by molar-refractivity contribution is 7.99. The number of anilines is 2. The molecule has 0 bridgehead atoms. The maximum Gasteiger partial charge on any atom is 0.248 e. The van der Waals surface area contributed by atoms with Crippen LogP contribution in [0, 0.1) is 5.92 Å². The Morgan fingerprint density at radius 2 is 1.88 bits per heavy atom. The number of piperazine rings is 1. The number of nitrogens with zero attached hydrogens (tertiary/aromatic N) is 2. The summed E-state index contributed by atoms with van der Waals surface area (Å²) in [4.78, 5) is 16.9. The average Bonchev–Trinajstić information content (AvgIpc) is 2.83. The van der Waals surface area contributed by atoms with E-state index >= 15 is 0 Å². The van der Waals surface area contributed by atoms with E-state index in [1.807, 2.05) is 30.0 Å². The number of rotatable bonds is 5. The Balaban J connectivity index is 0.00000245. The van der Waals surface area contributed by atoms with Gasteiger partial charge in [0.25, 0.3) is 0 Å². The molecule has 32 heavy (non-hydrogen) atoms. The number of nitrogens with two attached hydrogens (primary N) is 1. The standard InChI is InChI=1S/C25H30N4OS.ClH/c26-25(30)18-6-7-23-22(14-18)24-19(16-31-17-20(24)15-27-23)8-9-28-10-12-29(13-11-28)21-4-2-1-3-5-21;/h1-7,14,19,27H,8-13,15-17H2,(H2,26,30);1H. The van der Waals surface area contributed by atoms with E-state index in [0.29, 0.717) is 11.5 Å². The first-order valence-corrected chi connectivity index (χ1v) is 12.3. The number of hydrogen-bond donors (Lipinski definition) is 2. The van der Waals surface area contributed by atoms with E-state index in [0.717, 1.165) is 62.9 Å². The number of carbonyl (C=O) groups is 1. The third kappa shape index (κ3) is 4.77. The molecule has 1 fully saturated rings. The van der Waals surface area contributed by atoms with Crippen LogP contribution in [0.1, 0.15) is 22.3 Å². The van der Waals surface area contributed by atoms with E-state index in [1.54, 1.807) is 0 Å². The molecule has 3 aliphatic heterocycles. The number of hydrogen-bond acceptors (Lipinski definition) is 5. The Bertz CT molecular complexity index is 989. The largest absolute Gasteiger partial charge is 0.381 e. The summed E-state index contributed by atoms with van der Waals surface area (Å²) in [6.45, 7) is 6.45. The molecule has 1 atom stereocenters. The first-order chi connectivity index (χ1) is 15.2. The fourth-order valence-corrected chi connectivity index (χ4v) is 6.28. The molecule has 3 N–H and O–H groups in total. The lowest BCUT2D eigenvalue weighted by Gasteiger charge is -2.38. The van der Waals surface area contributed by atoms with Crippen molar-refractivity contribution in [3.63, 3.8) is 0 Å². The van der Waals surface area contributed by atoms with Crippen molar-refractivity contribution >= 4 is 47.0 Å². The van der Waals surface area contributed by atoms with Crippen molar-refractivity contribution < 1.29 is 4.79 Å². The molecule has 0 saturated carbocycles. The first-order valence-electron chi connectivity index (χ1n) is 11.2. The number of amides is 1. The minimum Gasteiger partial charge on any atom is -0.381 e. The van der Waals surface area contributed by atoms with Gasteiger partial charge in [-0.2, -0.15) is 11.8 Å². The van der Waals surface area contributed by atoms with Gasteiger partial charge in [-0.25, -0.2) is 0 Å². The molecule has 5 rings (SSSR count). The number of benzene rings is 2. The van der Waals surface area contributed by atoms with Crippen molar-refractivity contribution in [1.82, 2.24) is 4.90 Å². The zero-order valence-electron chi connectivity index (χ0n) is 18.3. The maximum atomic E-state index is 11.8. The molecule has 1 amide bonds. The molecule has 0 aliphatic carbocycles. The van der Waals surface area contributed by atoms with E-state index in [9.17, 15) is 4.79 Å².